The second kappa shape index (κ2) is 7.89. The normalized spacial score (nSPS) is 11.7. The van der Waals surface area contributed by atoms with Gasteiger partial charge in [-0.2, -0.15) is 0 Å². The maximum absolute atomic E-state index is 4.69. The van der Waals surface area contributed by atoms with Gasteiger partial charge >= 0.3 is 0 Å². The van der Waals surface area contributed by atoms with Gasteiger partial charge in [-0.1, -0.05) is 24.3 Å². The van der Waals surface area contributed by atoms with Crippen molar-refractivity contribution < 1.29 is 0 Å². The number of benzene rings is 3. The summed E-state index contributed by atoms with van der Waals surface area (Å²) in [5, 5.41) is 2.59. The highest BCUT2D eigenvalue weighted by Gasteiger charge is 2.09. The van der Waals surface area contributed by atoms with Gasteiger partial charge in [0.25, 0.3) is 0 Å². The molecule has 0 bridgehead atoms. The lowest BCUT2D eigenvalue weighted by molar-refractivity contribution is 0.827. The minimum absolute atomic E-state index is 0.969. The summed E-state index contributed by atoms with van der Waals surface area (Å²) in [6.45, 7) is 9.57. The van der Waals surface area contributed by atoms with E-state index in [0.29, 0.717) is 0 Å². The third-order valence-electron chi connectivity index (χ3n) is 5.45. The molecule has 0 unspecified atom stereocenters. The van der Waals surface area contributed by atoms with Gasteiger partial charge in [0.1, 0.15) is 0 Å². The number of para-hydroxylation sites is 1. The number of aliphatic imine (C=N–C) groups is 1. The average Bonchev–Trinajstić information content (AvgIpc) is 3.07. The van der Waals surface area contributed by atoms with Crippen LogP contribution in [0.15, 0.2) is 71.7 Å². The lowest BCUT2D eigenvalue weighted by atomic mass is 10.1. The highest BCUT2D eigenvalue weighted by atomic mass is 15.1. The minimum Gasteiger partial charge on any atom is -0.372 e. The Morgan fingerprint density at radius 3 is 2.25 bits per heavy atom. The molecule has 3 heteroatoms. The molecule has 0 saturated carbocycles. The summed E-state index contributed by atoms with van der Waals surface area (Å²) in [4.78, 5) is 7.03. The van der Waals surface area contributed by atoms with E-state index in [0.717, 1.165) is 30.9 Å². The Kier molecular flexibility index (Phi) is 5.16. The summed E-state index contributed by atoms with van der Waals surface area (Å²) in [5.74, 6) is 0. The van der Waals surface area contributed by atoms with Gasteiger partial charge in [-0.05, 0) is 68.8 Å². The van der Waals surface area contributed by atoms with Crippen LogP contribution in [0.4, 0.5) is 11.4 Å². The predicted octanol–water partition coefficient (Wildman–Crippen LogP) is 6.41. The topological polar surface area (TPSA) is 20.5 Å². The first-order chi connectivity index (χ1) is 13.7. The van der Waals surface area contributed by atoms with E-state index in [4.69, 9.17) is 4.99 Å². The first-order valence-electron chi connectivity index (χ1n) is 10.1. The van der Waals surface area contributed by atoms with E-state index in [1.54, 1.807) is 0 Å². The fourth-order valence-corrected chi connectivity index (χ4v) is 3.98. The highest BCUT2D eigenvalue weighted by molar-refractivity contribution is 6.09. The van der Waals surface area contributed by atoms with E-state index in [9.17, 15) is 0 Å². The standard InChI is InChI=1S/C25H27N3/c1-4-27(5-2)21-14-12-20(13-15-21)26-18-19-11-16-25-23(17-19)22-9-7-8-10-24(22)28(25)6-3/h7-18H,4-6H2,1-3H3. The SMILES string of the molecule is CCN(CC)c1ccc(N=Cc2ccc3c(c2)c2ccccc2n3CC)cc1. The maximum Gasteiger partial charge on any atom is 0.0631 e. The average molecular weight is 370 g/mol. The molecule has 0 spiro atoms. The van der Waals surface area contributed by atoms with Crippen LogP contribution < -0.4 is 4.90 Å². The molecule has 0 aliphatic rings. The molecule has 0 atom stereocenters. The Balaban J connectivity index is 1.66. The highest BCUT2D eigenvalue weighted by Crippen LogP contribution is 2.29. The zero-order valence-electron chi connectivity index (χ0n) is 16.9. The summed E-state index contributed by atoms with van der Waals surface area (Å²) in [6.07, 6.45) is 1.96. The molecule has 0 amide bonds. The minimum atomic E-state index is 0.969. The van der Waals surface area contributed by atoms with Crippen LogP contribution >= 0.6 is 0 Å². The van der Waals surface area contributed by atoms with Crippen LogP contribution in [0.3, 0.4) is 0 Å². The summed E-state index contributed by atoms with van der Waals surface area (Å²) in [5.41, 5.74) is 5.93. The first-order valence-corrected chi connectivity index (χ1v) is 10.1. The Morgan fingerprint density at radius 2 is 1.54 bits per heavy atom. The largest absolute Gasteiger partial charge is 0.372 e. The molecular formula is C25H27N3. The van der Waals surface area contributed by atoms with Crippen LogP contribution in [-0.2, 0) is 6.54 Å². The molecule has 0 aliphatic carbocycles. The summed E-state index contributed by atoms with van der Waals surface area (Å²) in [6, 6.07) is 23.7. The molecule has 3 aromatic carbocycles. The van der Waals surface area contributed by atoms with Crippen molar-refractivity contribution >= 4 is 39.4 Å². The van der Waals surface area contributed by atoms with Gasteiger partial charge in [-0.15, -0.1) is 0 Å². The molecule has 0 saturated heterocycles. The van der Waals surface area contributed by atoms with Crippen molar-refractivity contribution in [2.75, 3.05) is 18.0 Å². The summed E-state index contributed by atoms with van der Waals surface area (Å²) < 4.78 is 2.37. The third-order valence-corrected chi connectivity index (χ3v) is 5.45. The first kappa shape index (κ1) is 18.3. The third kappa shape index (κ3) is 3.29. The molecule has 4 aromatic rings. The fraction of sp³-hybridized carbons (Fsp3) is 0.240. The molecule has 3 nitrogen and oxygen atoms in total. The van der Waals surface area contributed by atoms with Crippen molar-refractivity contribution in [2.45, 2.75) is 27.3 Å². The zero-order valence-corrected chi connectivity index (χ0v) is 16.9. The summed E-state index contributed by atoms with van der Waals surface area (Å²) >= 11 is 0. The van der Waals surface area contributed by atoms with Crippen LogP contribution in [-0.4, -0.2) is 23.9 Å². The van der Waals surface area contributed by atoms with Gasteiger partial charge in [-0.25, -0.2) is 0 Å². The molecule has 0 aliphatic heterocycles. The number of aromatic nitrogens is 1. The number of fused-ring (bicyclic) bond motifs is 3. The maximum atomic E-state index is 4.69. The van der Waals surface area contributed by atoms with Gasteiger partial charge in [-0.3, -0.25) is 4.99 Å². The fourth-order valence-electron chi connectivity index (χ4n) is 3.98. The molecule has 4 rings (SSSR count). The Bertz CT molecular complexity index is 1120. The van der Waals surface area contributed by atoms with Crippen molar-refractivity contribution in [1.82, 2.24) is 4.57 Å². The van der Waals surface area contributed by atoms with Crippen LogP contribution in [0.25, 0.3) is 21.8 Å². The van der Waals surface area contributed by atoms with E-state index in [1.807, 2.05) is 6.21 Å². The molecule has 1 aromatic heterocycles. The molecule has 142 valence electrons. The number of rotatable bonds is 6. The number of hydrogen-bond acceptors (Lipinski definition) is 2. The zero-order chi connectivity index (χ0) is 19.5. The van der Waals surface area contributed by atoms with E-state index in [1.165, 1.54) is 27.5 Å². The molecule has 0 radical (unpaired) electrons. The Morgan fingerprint density at radius 1 is 0.821 bits per heavy atom. The molecule has 0 fully saturated rings. The van der Waals surface area contributed by atoms with Gasteiger partial charge in [0.2, 0.25) is 0 Å². The monoisotopic (exact) mass is 369 g/mol. The number of nitrogens with zero attached hydrogens (tertiary/aromatic N) is 3. The van der Waals surface area contributed by atoms with E-state index >= 15 is 0 Å². The quantitative estimate of drug-likeness (QED) is 0.360. The van der Waals surface area contributed by atoms with Crippen LogP contribution in [0.5, 0.6) is 0 Å². The van der Waals surface area contributed by atoms with Gasteiger partial charge in [0.05, 0.1) is 5.69 Å². The smallest absolute Gasteiger partial charge is 0.0631 e. The molecule has 28 heavy (non-hydrogen) atoms. The van der Waals surface area contributed by atoms with Gasteiger partial charge < -0.3 is 9.47 Å². The van der Waals surface area contributed by atoms with E-state index < -0.39 is 0 Å². The van der Waals surface area contributed by atoms with E-state index in [2.05, 4.69) is 97.0 Å². The van der Waals surface area contributed by atoms with Crippen LogP contribution in [0, 0.1) is 0 Å². The van der Waals surface area contributed by atoms with Gasteiger partial charge in [0, 0.05) is 53.3 Å². The number of aryl methyl sites for hydroxylation is 1. The molecular weight excluding hydrogens is 342 g/mol. The van der Waals surface area contributed by atoms with Crippen molar-refractivity contribution in [2.24, 2.45) is 4.99 Å². The summed E-state index contributed by atoms with van der Waals surface area (Å²) in [7, 11) is 0. The predicted molar refractivity (Wildman–Crippen MR) is 122 cm³/mol. The van der Waals surface area contributed by atoms with Crippen molar-refractivity contribution in [3.63, 3.8) is 0 Å². The lowest BCUT2D eigenvalue weighted by Gasteiger charge is -2.20. The Labute approximate surface area is 166 Å². The van der Waals surface area contributed by atoms with E-state index in [-0.39, 0.29) is 0 Å². The molecule has 1 heterocycles. The van der Waals surface area contributed by atoms with Crippen LogP contribution in [0.2, 0.25) is 0 Å². The van der Waals surface area contributed by atoms with Crippen LogP contribution in [0.1, 0.15) is 26.3 Å². The van der Waals surface area contributed by atoms with Gasteiger partial charge in [0.15, 0.2) is 0 Å². The van der Waals surface area contributed by atoms with Crippen molar-refractivity contribution in [1.29, 1.82) is 0 Å². The second-order valence-electron chi connectivity index (χ2n) is 6.98. The second-order valence-corrected chi connectivity index (χ2v) is 6.98. The number of hydrogen-bond donors (Lipinski definition) is 0. The lowest BCUT2D eigenvalue weighted by Crippen LogP contribution is -2.21. The molecule has 0 N–H and O–H groups in total. The van der Waals surface area contributed by atoms with Crippen molar-refractivity contribution in [3.05, 3.63) is 72.3 Å². The Hall–Kier alpha value is -3.07. The van der Waals surface area contributed by atoms with Crippen molar-refractivity contribution in [3.8, 4) is 0 Å². The number of anilines is 1.